The minimum atomic E-state index is -4.58. The summed E-state index contributed by atoms with van der Waals surface area (Å²) < 4.78 is 37.5. The first-order chi connectivity index (χ1) is 8.25. The average molecular weight is 259 g/mol. The topological polar surface area (TPSA) is 68.0 Å². The highest BCUT2D eigenvalue weighted by molar-refractivity contribution is 5.97. The summed E-state index contributed by atoms with van der Waals surface area (Å²) in [5.41, 5.74) is 3.87. The number of hydrogen-bond donors (Lipinski definition) is 2. The van der Waals surface area contributed by atoms with Crippen LogP contribution in [-0.2, 0) is 6.18 Å². The molecule has 3 N–H and O–H groups in total. The molecule has 1 amide bonds. The number of halogens is 3. The van der Waals surface area contributed by atoms with Crippen molar-refractivity contribution in [1.82, 2.24) is 4.98 Å². The zero-order chi connectivity index (χ0) is 13.9. The number of anilines is 1. The van der Waals surface area contributed by atoms with Gasteiger partial charge in [-0.2, -0.15) is 13.2 Å². The van der Waals surface area contributed by atoms with Crippen LogP contribution in [0.2, 0.25) is 0 Å². The van der Waals surface area contributed by atoms with E-state index in [0.29, 0.717) is 6.07 Å². The first-order valence-electron chi connectivity index (χ1n) is 5.03. The van der Waals surface area contributed by atoms with Crippen LogP contribution in [-0.4, -0.2) is 16.9 Å². The van der Waals surface area contributed by atoms with Crippen LogP contribution in [0.4, 0.5) is 19.0 Å². The Bertz CT molecular complexity index is 471. The van der Waals surface area contributed by atoms with Crippen molar-refractivity contribution in [3.8, 4) is 0 Å². The summed E-state index contributed by atoms with van der Waals surface area (Å²) in [6.45, 7) is 5.13. The normalized spacial score (nSPS) is 12.9. The summed E-state index contributed by atoms with van der Waals surface area (Å²) in [7, 11) is 0. The Balaban J connectivity index is 3.24. The predicted molar refractivity (Wildman–Crippen MR) is 61.0 cm³/mol. The van der Waals surface area contributed by atoms with E-state index in [1.54, 1.807) is 6.92 Å². The Morgan fingerprint density at radius 3 is 2.61 bits per heavy atom. The number of carbonyl (C=O) groups is 1. The van der Waals surface area contributed by atoms with Gasteiger partial charge in [-0.15, -0.1) is 6.58 Å². The Hall–Kier alpha value is -2.05. The zero-order valence-corrected chi connectivity index (χ0v) is 9.58. The summed E-state index contributed by atoms with van der Waals surface area (Å²) in [6.07, 6.45) is -3.11. The summed E-state index contributed by atoms with van der Waals surface area (Å²) in [6, 6.07) is 1.36. The molecule has 1 unspecified atom stereocenters. The molecule has 1 heterocycles. The summed E-state index contributed by atoms with van der Waals surface area (Å²) >= 11 is 0. The molecular weight excluding hydrogens is 247 g/mol. The molecule has 7 heteroatoms. The highest BCUT2D eigenvalue weighted by Crippen LogP contribution is 2.29. The number of hydrogen-bond acceptors (Lipinski definition) is 3. The molecule has 0 radical (unpaired) electrons. The molecule has 0 aliphatic carbocycles. The molecule has 1 rings (SSSR count). The molecule has 98 valence electrons. The first-order valence-corrected chi connectivity index (χ1v) is 5.03. The van der Waals surface area contributed by atoms with Crippen molar-refractivity contribution in [2.75, 3.05) is 5.32 Å². The second-order valence-corrected chi connectivity index (χ2v) is 3.62. The quantitative estimate of drug-likeness (QED) is 0.814. The van der Waals surface area contributed by atoms with Gasteiger partial charge in [-0.1, -0.05) is 6.08 Å². The molecule has 18 heavy (non-hydrogen) atoms. The Morgan fingerprint density at radius 1 is 1.56 bits per heavy atom. The summed E-state index contributed by atoms with van der Waals surface area (Å²) in [4.78, 5) is 14.5. The lowest BCUT2D eigenvalue weighted by atomic mass is 10.2. The number of alkyl halides is 3. The third-order valence-corrected chi connectivity index (χ3v) is 2.17. The molecular formula is C11H12F3N3O. The lowest BCUT2D eigenvalue weighted by Crippen LogP contribution is -2.21. The van der Waals surface area contributed by atoms with Gasteiger partial charge in [-0.05, 0) is 19.1 Å². The maximum absolute atomic E-state index is 12.5. The smallest absolute Gasteiger partial charge is 0.365 e. The van der Waals surface area contributed by atoms with Gasteiger partial charge < -0.3 is 11.1 Å². The van der Waals surface area contributed by atoms with Crippen LogP contribution < -0.4 is 11.1 Å². The van der Waals surface area contributed by atoms with Crippen LogP contribution in [0.15, 0.2) is 24.8 Å². The summed E-state index contributed by atoms with van der Waals surface area (Å²) in [5.74, 6) is -1.06. The highest BCUT2D eigenvalue weighted by atomic mass is 19.4. The molecule has 1 atom stereocenters. The molecule has 1 aromatic rings. The van der Waals surface area contributed by atoms with Crippen LogP contribution in [0.3, 0.4) is 0 Å². The van der Waals surface area contributed by atoms with E-state index in [-0.39, 0.29) is 17.4 Å². The standard InChI is InChI=1S/C11H12F3N3O/c1-3-6(2)16-10-7(9(15)18)4-5-8(17-10)11(12,13)14/h3-6H,1H2,2H3,(H2,15,18)(H,16,17). The minimum absolute atomic E-state index is 0.100. The predicted octanol–water partition coefficient (Wildman–Crippen LogP) is 2.19. The van der Waals surface area contributed by atoms with Crippen molar-refractivity contribution >= 4 is 11.7 Å². The second kappa shape index (κ2) is 5.07. The van der Waals surface area contributed by atoms with Gasteiger partial charge in [0.25, 0.3) is 5.91 Å². The SMILES string of the molecule is C=CC(C)Nc1nc(C(F)(F)F)ccc1C(N)=O. The van der Waals surface area contributed by atoms with Gasteiger partial charge in [-0.3, -0.25) is 4.79 Å². The lowest BCUT2D eigenvalue weighted by Gasteiger charge is -2.15. The highest BCUT2D eigenvalue weighted by Gasteiger charge is 2.33. The van der Waals surface area contributed by atoms with Crippen molar-refractivity contribution in [3.05, 3.63) is 36.0 Å². The molecule has 4 nitrogen and oxygen atoms in total. The van der Waals surface area contributed by atoms with Gasteiger partial charge in [0, 0.05) is 6.04 Å². The van der Waals surface area contributed by atoms with Gasteiger partial charge >= 0.3 is 6.18 Å². The molecule has 0 fully saturated rings. The van der Waals surface area contributed by atoms with Gasteiger partial charge in [0.1, 0.15) is 11.5 Å². The number of carbonyl (C=O) groups excluding carboxylic acids is 1. The number of pyridine rings is 1. The van der Waals surface area contributed by atoms with E-state index in [0.717, 1.165) is 6.07 Å². The fraction of sp³-hybridized carbons (Fsp3) is 0.273. The third-order valence-electron chi connectivity index (χ3n) is 2.17. The number of rotatable bonds is 4. The largest absolute Gasteiger partial charge is 0.433 e. The van der Waals surface area contributed by atoms with Crippen molar-refractivity contribution in [2.24, 2.45) is 5.73 Å². The van der Waals surface area contributed by atoms with Crippen LogP contribution in [0.25, 0.3) is 0 Å². The Morgan fingerprint density at radius 2 is 2.17 bits per heavy atom. The molecule has 0 aliphatic rings. The number of nitrogens with one attached hydrogen (secondary N) is 1. The van der Waals surface area contributed by atoms with Crippen LogP contribution >= 0.6 is 0 Å². The molecule has 0 aromatic carbocycles. The van der Waals surface area contributed by atoms with Gasteiger partial charge in [0.15, 0.2) is 0 Å². The monoisotopic (exact) mass is 259 g/mol. The molecule has 0 saturated carbocycles. The van der Waals surface area contributed by atoms with E-state index in [1.165, 1.54) is 6.08 Å². The van der Waals surface area contributed by atoms with Crippen LogP contribution in [0.5, 0.6) is 0 Å². The van der Waals surface area contributed by atoms with E-state index in [2.05, 4.69) is 16.9 Å². The third kappa shape index (κ3) is 3.22. The van der Waals surface area contributed by atoms with E-state index in [9.17, 15) is 18.0 Å². The van der Waals surface area contributed by atoms with Gasteiger partial charge in [-0.25, -0.2) is 4.98 Å². The van der Waals surface area contributed by atoms with Crippen molar-refractivity contribution < 1.29 is 18.0 Å². The zero-order valence-electron chi connectivity index (χ0n) is 9.58. The molecule has 0 spiro atoms. The van der Waals surface area contributed by atoms with Crippen LogP contribution in [0, 0.1) is 0 Å². The number of nitrogens with zero attached hydrogens (tertiary/aromatic N) is 1. The molecule has 0 bridgehead atoms. The van der Waals surface area contributed by atoms with Gasteiger partial charge in [0.05, 0.1) is 5.56 Å². The fourth-order valence-electron chi connectivity index (χ4n) is 1.20. The Labute approximate surface area is 102 Å². The van der Waals surface area contributed by atoms with E-state index in [1.807, 2.05) is 0 Å². The average Bonchev–Trinajstić information content (AvgIpc) is 2.27. The maximum Gasteiger partial charge on any atom is 0.433 e. The van der Waals surface area contributed by atoms with Crippen LogP contribution in [0.1, 0.15) is 23.0 Å². The summed E-state index contributed by atoms with van der Waals surface area (Å²) in [5, 5.41) is 2.62. The second-order valence-electron chi connectivity index (χ2n) is 3.62. The number of amides is 1. The number of primary amides is 1. The number of nitrogens with two attached hydrogens (primary N) is 1. The molecule has 0 aliphatic heterocycles. The fourth-order valence-corrected chi connectivity index (χ4v) is 1.20. The lowest BCUT2D eigenvalue weighted by molar-refractivity contribution is -0.141. The van der Waals surface area contributed by atoms with Crippen molar-refractivity contribution in [3.63, 3.8) is 0 Å². The molecule has 1 aromatic heterocycles. The minimum Gasteiger partial charge on any atom is -0.365 e. The number of aromatic nitrogens is 1. The molecule has 0 saturated heterocycles. The Kier molecular flexibility index (Phi) is 3.95. The van der Waals surface area contributed by atoms with E-state index in [4.69, 9.17) is 5.73 Å². The first kappa shape index (κ1) is 14.0. The van der Waals surface area contributed by atoms with Gasteiger partial charge in [0.2, 0.25) is 0 Å². The maximum atomic E-state index is 12.5. The van der Waals surface area contributed by atoms with Crippen molar-refractivity contribution in [1.29, 1.82) is 0 Å². The van der Waals surface area contributed by atoms with E-state index < -0.39 is 17.8 Å². The van der Waals surface area contributed by atoms with Crippen molar-refractivity contribution in [2.45, 2.75) is 19.1 Å². The van der Waals surface area contributed by atoms with E-state index >= 15 is 0 Å².